The maximum absolute atomic E-state index is 12.9. The van der Waals surface area contributed by atoms with E-state index in [0.29, 0.717) is 12.0 Å². The first kappa shape index (κ1) is 16.6. The lowest BCUT2D eigenvalue weighted by atomic mass is 9.99. The van der Waals surface area contributed by atoms with Crippen LogP contribution in [0.2, 0.25) is 0 Å². The van der Waals surface area contributed by atoms with Gasteiger partial charge in [-0.05, 0) is 23.6 Å². The minimum atomic E-state index is -0.986. The number of nitrogens with zero attached hydrogens (tertiary/aromatic N) is 1. The predicted octanol–water partition coefficient (Wildman–Crippen LogP) is 1.00. The van der Waals surface area contributed by atoms with Crippen LogP contribution >= 0.6 is 0 Å². The highest BCUT2D eigenvalue weighted by Gasteiger charge is 2.37. The van der Waals surface area contributed by atoms with Crippen LogP contribution in [-0.2, 0) is 6.42 Å². The Morgan fingerprint density at radius 1 is 1.12 bits per heavy atom. The predicted molar refractivity (Wildman–Crippen MR) is 91.6 cm³/mol. The van der Waals surface area contributed by atoms with Crippen LogP contribution in [0.3, 0.4) is 0 Å². The summed E-state index contributed by atoms with van der Waals surface area (Å²) in [6.45, 7) is 0.273. The summed E-state index contributed by atoms with van der Waals surface area (Å²) in [5.41, 5.74) is 2.68. The van der Waals surface area contributed by atoms with Crippen molar-refractivity contribution in [3.63, 3.8) is 0 Å². The van der Waals surface area contributed by atoms with Gasteiger partial charge >= 0.3 is 0 Å². The molecule has 1 aliphatic rings. The number of amides is 1. The molecule has 1 fully saturated rings. The van der Waals surface area contributed by atoms with Crippen LogP contribution in [0.25, 0.3) is 0 Å². The summed E-state index contributed by atoms with van der Waals surface area (Å²) in [6, 6.07) is 17.5. The second kappa shape index (κ2) is 7.13. The van der Waals surface area contributed by atoms with E-state index in [4.69, 9.17) is 0 Å². The zero-order valence-corrected chi connectivity index (χ0v) is 13.6. The zero-order valence-electron chi connectivity index (χ0n) is 13.6. The summed E-state index contributed by atoms with van der Waals surface area (Å²) < 4.78 is 0. The number of β-amino-alcohol motifs (C(OH)–C–C–N with tert-alkyl or cyclic N) is 1. The van der Waals surface area contributed by atoms with Crippen LogP contribution in [0.5, 0.6) is 0 Å². The normalized spacial score (nSPS) is 23.2. The number of hydrogen-bond donors (Lipinski definition) is 3. The van der Waals surface area contributed by atoms with Crippen LogP contribution in [0.15, 0.2) is 54.6 Å². The third-order valence-corrected chi connectivity index (χ3v) is 4.48. The molecule has 5 heteroatoms. The van der Waals surface area contributed by atoms with Crippen LogP contribution in [0.1, 0.15) is 21.5 Å². The second-order valence-corrected chi connectivity index (χ2v) is 6.15. The average Bonchev–Trinajstić information content (AvgIpc) is 2.94. The molecular formula is C19H22N2O3. The van der Waals surface area contributed by atoms with E-state index >= 15 is 0 Å². The fourth-order valence-electron chi connectivity index (χ4n) is 3.07. The molecule has 2 aromatic carbocycles. The molecule has 1 saturated heterocycles. The molecule has 2 aromatic rings. The SMILES string of the molecule is CN(C(=O)c1ccccc1Cc1ccccc1)C1NCC(O)C1O. The quantitative estimate of drug-likeness (QED) is 0.784. The van der Waals surface area contributed by atoms with Gasteiger partial charge in [0.25, 0.3) is 5.91 Å². The number of aliphatic hydroxyl groups is 2. The first-order valence-electron chi connectivity index (χ1n) is 8.06. The number of aliphatic hydroxyl groups excluding tert-OH is 2. The molecule has 126 valence electrons. The number of carbonyl (C=O) groups excluding carboxylic acids is 1. The van der Waals surface area contributed by atoms with Crippen molar-refractivity contribution in [1.82, 2.24) is 10.2 Å². The maximum Gasteiger partial charge on any atom is 0.255 e. The van der Waals surface area contributed by atoms with E-state index in [1.54, 1.807) is 13.1 Å². The van der Waals surface area contributed by atoms with Crippen LogP contribution in [-0.4, -0.2) is 53.0 Å². The van der Waals surface area contributed by atoms with Crippen molar-refractivity contribution in [1.29, 1.82) is 0 Å². The van der Waals surface area contributed by atoms with Crippen molar-refractivity contribution in [2.24, 2.45) is 0 Å². The van der Waals surface area contributed by atoms with Crippen molar-refractivity contribution in [2.75, 3.05) is 13.6 Å². The summed E-state index contributed by atoms with van der Waals surface area (Å²) in [7, 11) is 1.64. The molecule has 1 aliphatic heterocycles. The van der Waals surface area contributed by atoms with Crippen molar-refractivity contribution in [3.05, 3.63) is 71.3 Å². The Bertz CT molecular complexity index is 705. The molecule has 0 saturated carbocycles. The highest BCUT2D eigenvalue weighted by atomic mass is 16.3. The molecule has 0 aromatic heterocycles. The maximum atomic E-state index is 12.9. The molecule has 24 heavy (non-hydrogen) atoms. The molecule has 3 rings (SSSR count). The number of likely N-dealkylation sites (N-methyl/N-ethyl adjacent to an activating group) is 1. The summed E-state index contributed by atoms with van der Waals surface area (Å²) in [4.78, 5) is 14.4. The standard InChI is InChI=1S/C19H22N2O3/c1-21(18-17(23)16(22)12-20-18)19(24)15-10-6-5-9-14(15)11-13-7-3-2-4-8-13/h2-10,16-18,20,22-23H,11-12H2,1H3. The van der Waals surface area contributed by atoms with E-state index in [1.807, 2.05) is 48.5 Å². The Morgan fingerprint density at radius 2 is 1.79 bits per heavy atom. The molecule has 1 heterocycles. The minimum Gasteiger partial charge on any atom is -0.389 e. The van der Waals surface area contributed by atoms with Gasteiger partial charge in [-0.3, -0.25) is 10.1 Å². The van der Waals surface area contributed by atoms with Gasteiger partial charge in [-0.15, -0.1) is 0 Å². The van der Waals surface area contributed by atoms with Gasteiger partial charge in [-0.2, -0.15) is 0 Å². The van der Waals surface area contributed by atoms with Gasteiger partial charge in [0.2, 0.25) is 0 Å². The lowest BCUT2D eigenvalue weighted by Crippen LogP contribution is -2.49. The third-order valence-electron chi connectivity index (χ3n) is 4.48. The van der Waals surface area contributed by atoms with Crippen molar-refractivity contribution < 1.29 is 15.0 Å². The van der Waals surface area contributed by atoms with E-state index in [-0.39, 0.29) is 12.5 Å². The Labute approximate surface area is 141 Å². The summed E-state index contributed by atoms with van der Waals surface area (Å²) in [5.74, 6) is -0.174. The summed E-state index contributed by atoms with van der Waals surface area (Å²) in [6.07, 6.45) is -1.76. The van der Waals surface area contributed by atoms with Crippen LogP contribution in [0.4, 0.5) is 0 Å². The van der Waals surface area contributed by atoms with E-state index in [0.717, 1.165) is 11.1 Å². The zero-order chi connectivity index (χ0) is 17.1. The highest BCUT2D eigenvalue weighted by molar-refractivity contribution is 5.95. The molecule has 1 amide bonds. The van der Waals surface area contributed by atoms with Gasteiger partial charge in [0, 0.05) is 19.2 Å². The second-order valence-electron chi connectivity index (χ2n) is 6.15. The Kier molecular flexibility index (Phi) is 4.94. The third kappa shape index (κ3) is 3.33. The highest BCUT2D eigenvalue weighted by Crippen LogP contribution is 2.19. The number of benzene rings is 2. The van der Waals surface area contributed by atoms with Gasteiger partial charge in [0.05, 0.1) is 6.10 Å². The monoisotopic (exact) mass is 326 g/mol. The fraction of sp³-hybridized carbons (Fsp3) is 0.316. The fourth-order valence-corrected chi connectivity index (χ4v) is 3.07. The molecule has 3 N–H and O–H groups in total. The van der Waals surface area contributed by atoms with Gasteiger partial charge in [-0.1, -0.05) is 48.5 Å². The van der Waals surface area contributed by atoms with E-state index in [9.17, 15) is 15.0 Å². The van der Waals surface area contributed by atoms with E-state index in [2.05, 4.69) is 5.32 Å². The molecule has 0 spiro atoms. The number of carbonyl (C=O) groups is 1. The lowest BCUT2D eigenvalue weighted by molar-refractivity contribution is 0.00731. The molecule has 0 bridgehead atoms. The smallest absolute Gasteiger partial charge is 0.255 e. The van der Waals surface area contributed by atoms with Crippen molar-refractivity contribution >= 4 is 5.91 Å². The summed E-state index contributed by atoms with van der Waals surface area (Å²) in [5, 5.41) is 22.7. The topological polar surface area (TPSA) is 72.8 Å². The molecule has 0 radical (unpaired) electrons. The Hall–Kier alpha value is -2.21. The molecule has 0 aliphatic carbocycles. The van der Waals surface area contributed by atoms with Crippen LogP contribution in [0, 0.1) is 0 Å². The van der Waals surface area contributed by atoms with Crippen molar-refractivity contribution in [2.45, 2.75) is 24.8 Å². The minimum absolute atomic E-state index is 0.174. The van der Waals surface area contributed by atoms with Gasteiger partial charge in [-0.25, -0.2) is 0 Å². The van der Waals surface area contributed by atoms with E-state index in [1.165, 1.54) is 4.90 Å². The summed E-state index contributed by atoms with van der Waals surface area (Å²) >= 11 is 0. The van der Waals surface area contributed by atoms with Gasteiger partial charge in [0.15, 0.2) is 0 Å². The number of hydrogen-bond acceptors (Lipinski definition) is 4. The van der Waals surface area contributed by atoms with E-state index < -0.39 is 18.4 Å². The average molecular weight is 326 g/mol. The largest absolute Gasteiger partial charge is 0.389 e. The van der Waals surface area contributed by atoms with Gasteiger partial charge < -0.3 is 15.1 Å². The Balaban J connectivity index is 1.82. The number of nitrogens with one attached hydrogen (secondary N) is 1. The molecular weight excluding hydrogens is 304 g/mol. The molecule has 3 unspecified atom stereocenters. The first-order chi connectivity index (χ1) is 11.6. The lowest BCUT2D eigenvalue weighted by Gasteiger charge is -2.28. The van der Waals surface area contributed by atoms with Crippen molar-refractivity contribution in [3.8, 4) is 0 Å². The van der Waals surface area contributed by atoms with Gasteiger partial charge in [0.1, 0.15) is 12.3 Å². The first-order valence-corrected chi connectivity index (χ1v) is 8.06. The molecule has 3 atom stereocenters. The Morgan fingerprint density at radius 3 is 2.46 bits per heavy atom. The molecule has 5 nitrogen and oxygen atoms in total. The number of rotatable bonds is 4. The van der Waals surface area contributed by atoms with Crippen LogP contribution < -0.4 is 5.32 Å².